The van der Waals surface area contributed by atoms with Crippen LogP contribution in [-0.2, 0) is 5.54 Å². The van der Waals surface area contributed by atoms with Crippen LogP contribution in [0.1, 0.15) is 33.3 Å². The molecule has 0 aliphatic rings. The first-order valence-electron chi connectivity index (χ1n) is 6.06. The van der Waals surface area contributed by atoms with Gasteiger partial charge in [-0.05, 0) is 19.4 Å². The van der Waals surface area contributed by atoms with E-state index < -0.39 is 0 Å². The smallest absolute Gasteiger partial charge is 0.0377 e. The molecule has 0 aliphatic heterocycles. The largest absolute Gasteiger partial charge is 0.313 e. The lowest BCUT2D eigenvalue weighted by atomic mass is 9.94. The van der Waals surface area contributed by atoms with Crippen molar-refractivity contribution >= 4 is 0 Å². The fourth-order valence-electron chi connectivity index (χ4n) is 1.69. The summed E-state index contributed by atoms with van der Waals surface area (Å²) in [4.78, 5) is 0. The van der Waals surface area contributed by atoms with E-state index in [-0.39, 0.29) is 5.54 Å². The zero-order chi connectivity index (χ0) is 12.0. The van der Waals surface area contributed by atoms with Crippen LogP contribution in [0.3, 0.4) is 0 Å². The number of hydrogen-bond donors (Lipinski definition) is 2. The average molecular weight is 220 g/mol. The highest BCUT2D eigenvalue weighted by Crippen LogP contribution is 2.18. The Morgan fingerprint density at radius 1 is 1.06 bits per heavy atom. The standard InChI is InChI=1S/C14H24N2/c1-12(2)15-10-11-16-14(3,4)13-8-6-5-7-9-13/h5-9,12,15-16H,10-11H2,1-4H3. The fraction of sp³-hybridized carbons (Fsp3) is 0.571. The van der Waals surface area contributed by atoms with Gasteiger partial charge < -0.3 is 10.6 Å². The normalized spacial score (nSPS) is 12.1. The molecule has 0 atom stereocenters. The number of hydrogen-bond acceptors (Lipinski definition) is 2. The second-order valence-corrected chi connectivity index (χ2v) is 5.03. The maximum absolute atomic E-state index is 3.57. The monoisotopic (exact) mass is 220 g/mol. The maximum atomic E-state index is 3.57. The van der Waals surface area contributed by atoms with Crippen LogP contribution >= 0.6 is 0 Å². The molecule has 0 unspecified atom stereocenters. The van der Waals surface area contributed by atoms with E-state index in [1.165, 1.54) is 5.56 Å². The zero-order valence-electron chi connectivity index (χ0n) is 10.9. The molecule has 0 radical (unpaired) electrons. The summed E-state index contributed by atoms with van der Waals surface area (Å²) in [5, 5.41) is 6.98. The lowest BCUT2D eigenvalue weighted by Gasteiger charge is -2.27. The zero-order valence-corrected chi connectivity index (χ0v) is 10.9. The Morgan fingerprint density at radius 3 is 2.25 bits per heavy atom. The van der Waals surface area contributed by atoms with Crippen molar-refractivity contribution in [2.75, 3.05) is 13.1 Å². The van der Waals surface area contributed by atoms with E-state index in [2.05, 4.69) is 68.7 Å². The Balaban J connectivity index is 2.40. The molecule has 1 aromatic carbocycles. The first-order chi connectivity index (χ1) is 7.52. The molecular weight excluding hydrogens is 196 g/mol. The molecule has 16 heavy (non-hydrogen) atoms. The minimum atomic E-state index is 0.0416. The average Bonchev–Trinajstić information content (AvgIpc) is 2.26. The molecule has 0 saturated carbocycles. The van der Waals surface area contributed by atoms with Crippen molar-refractivity contribution in [3.8, 4) is 0 Å². The van der Waals surface area contributed by atoms with Crippen molar-refractivity contribution in [2.45, 2.75) is 39.3 Å². The highest BCUT2D eigenvalue weighted by molar-refractivity contribution is 5.22. The van der Waals surface area contributed by atoms with Gasteiger partial charge in [0, 0.05) is 24.7 Å². The van der Waals surface area contributed by atoms with Gasteiger partial charge in [0.2, 0.25) is 0 Å². The van der Waals surface area contributed by atoms with E-state index in [4.69, 9.17) is 0 Å². The minimum Gasteiger partial charge on any atom is -0.313 e. The summed E-state index contributed by atoms with van der Waals surface area (Å²) in [6, 6.07) is 11.1. The Kier molecular flexibility index (Phi) is 4.97. The van der Waals surface area contributed by atoms with Gasteiger partial charge >= 0.3 is 0 Å². The summed E-state index contributed by atoms with van der Waals surface area (Å²) in [6.45, 7) is 10.8. The molecule has 2 nitrogen and oxygen atoms in total. The first-order valence-corrected chi connectivity index (χ1v) is 6.06. The van der Waals surface area contributed by atoms with Crippen LogP contribution in [0, 0.1) is 0 Å². The van der Waals surface area contributed by atoms with Crippen LogP contribution in [0.5, 0.6) is 0 Å². The van der Waals surface area contributed by atoms with Crippen molar-refractivity contribution in [3.05, 3.63) is 35.9 Å². The van der Waals surface area contributed by atoms with Gasteiger partial charge in [-0.15, -0.1) is 0 Å². The predicted molar refractivity (Wildman–Crippen MR) is 70.6 cm³/mol. The Bertz CT molecular complexity index is 291. The topological polar surface area (TPSA) is 24.1 Å². The number of rotatable bonds is 6. The van der Waals surface area contributed by atoms with Gasteiger partial charge in [0.15, 0.2) is 0 Å². The third kappa shape index (κ3) is 4.33. The highest BCUT2D eigenvalue weighted by atomic mass is 15.0. The van der Waals surface area contributed by atoms with Crippen molar-refractivity contribution in [1.82, 2.24) is 10.6 Å². The molecular formula is C14H24N2. The summed E-state index contributed by atoms with van der Waals surface area (Å²) in [7, 11) is 0. The van der Waals surface area contributed by atoms with Crippen LogP contribution in [0.25, 0.3) is 0 Å². The molecule has 0 spiro atoms. The summed E-state index contributed by atoms with van der Waals surface area (Å²) < 4.78 is 0. The summed E-state index contributed by atoms with van der Waals surface area (Å²) in [5.41, 5.74) is 1.37. The minimum absolute atomic E-state index is 0.0416. The molecule has 2 N–H and O–H groups in total. The van der Waals surface area contributed by atoms with Gasteiger partial charge in [0.05, 0.1) is 0 Å². The molecule has 1 aromatic rings. The molecule has 0 bridgehead atoms. The lowest BCUT2D eigenvalue weighted by molar-refractivity contribution is 0.395. The van der Waals surface area contributed by atoms with Crippen molar-refractivity contribution in [3.63, 3.8) is 0 Å². The van der Waals surface area contributed by atoms with Crippen LogP contribution < -0.4 is 10.6 Å². The lowest BCUT2D eigenvalue weighted by Crippen LogP contribution is -2.41. The SMILES string of the molecule is CC(C)NCCNC(C)(C)c1ccccc1. The second-order valence-electron chi connectivity index (χ2n) is 5.03. The summed E-state index contributed by atoms with van der Waals surface area (Å²) in [6.07, 6.45) is 0. The summed E-state index contributed by atoms with van der Waals surface area (Å²) >= 11 is 0. The van der Waals surface area contributed by atoms with Crippen molar-refractivity contribution in [2.24, 2.45) is 0 Å². The quantitative estimate of drug-likeness (QED) is 0.720. The fourth-order valence-corrected chi connectivity index (χ4v) is 1.69. The predicted octanol–water partition coefficient (Wildman–Crippen LogP) is 2.51. The van der Waals surface area contributed by atoms with E-state index in [0.29, 0.717) is 6.04 Å². The molecule has 0 amide bonds. The van der Waals surface area contributed by atoms with Gasteiger partial charge in [0.25, 0.3) is 0 Å². The van der Waals surface area contributed by atoms with Crippen molar-refractivity contribution < 1.29 is 0 Å². The molecule has 2 heteroatoms. The number of benzene rings is 1. The van der Waals surface area contributed by atoms with Gasteiger partial charge in [-0.3, -0.25) is 0 Å². The van der Waals surface area contributed by atoms with E-state index in [1.807, 2.05) is 0 Å². The summed E-state index contributed by atoms with van der Waals surface area (Å²) in [5.74, 6) is 0. The Morgan fingerprint density at radius 2 is 1.69 bits per heavy atom. The molecule has 0 aromatic heterocycles. The molecule has 1 rings (SSSR count). The Labute approximate surface area is 99.5 Å². The third-order valence-electron chi connectivity index (χ3n) is 2.74. The molecule has 0 heterocycles. The Hall–Kier alpha value is -0.860. The van der Waals surface area contributed by atoms with E-state index in [0.717, 1.165) is 13.1 Å². The molecule has 0 saturated heterocycles. The second kappa shape index (κ2) is 6.02. The van der Waals surface area contributed by atoms with E-state index in [1.54, 1.807) is 0 Å². The highest BCUT2D eigenvalue weighted by Gasteiger charge is 2.18. The maximum Gasteiger partial charge on any atom is 0.0377 e. The van der Waals surface area contributed by atoms with Gasteiger partial charge in [-0.25, -0.2) is 0 Å². The van der Waals surface area contributed by atoms with Crippen LogP contribution in [0.2, 0.25) is 0 Å². The van der Waals surface area contributed by atoms with E-state index in [9.17, 15) is 0 Å². The van der Waals surface area contributed by atoms with Gasteiger partial charge in [-0.2, -0.15) is 0 Å². The van der Waals surface area contributed by atoms with Crippen LogP contribution in [-0.4, -0.2) is 19.1 Å². The molecule has 0 fully saturated rings. The third-order valence-corrected chi connectivity index (χ3v) is 2.74. The van der Waals surface area contributed by atoms with Crippen LogP contribution in [0.15, 0.2) is 30.3 Å². The molecule has 90 valence electrons. The van der Waals surface area contributed by atoms with Gasteiger partial charge in [0.1, 0.15) is 0 Å². The van der Waals surface area contributed by atoms with Crippen LogP contribution in [0.4, 0.5) is 0 Å². The van der Waals surface area contributed by atoms with Gasteiger partial charge in [-0.1, -0.05) is 44.2 Å². The number of nitrogens with one attached hydrogen (secondary N) is 2. The molecule has 0 aliphatic carbocycles. The van der Waals surface area contributed by atoms with E-state index >= 15 is 0 Å². The first kappa shape index (κ1) is 13.2. The van der Waals surface area contributed by atoms with Crippen molar-refractivity contribution in [1.29, 1.82) is 0 Å².